The van der Waals surface area contributed by atoms with E-state index in [2.05, 4.69) is 90.1 Å². The molecular formula is C91H162O10P2S4. The Morgan fingerprint density at radius 1 is 0.252 bits per heavy atom. The Hall–Kier alpha value is -1.82. The van der Waals surface area contributed by atoms with Crippen LogP contribution >= 0.6 is 58.6 Å². The van der Waals surface area contributed by atoms with Crippen molar-refractivity contribution in [2.75, 3.05) is 49.4 Å². The summed E-state index contributed by atoms with van der Waals surface area (Å²) in [7, 11) is 0. The first-order valence-corrected chi connectivity index (χ1v) is 53.7. The summed E-state index contributed by atoms with van der Waals surface area (Å²) in [5, 5.41) is 0. The Labute approximate surface area is 677 Å². The van der Waals surface area contributed by atoms with Gasteiger partial charge in [0.1, 0.15) is 11.5 Å². The summed E-state index contributed by atoms with van der Waals surface area (Å²) in [6.45, 7) is 14.5. The molecular weight excluding hydrogens is 1440 g/mol. The molecule has 0 bridgehead atoms. The van der Waals surface area contributed by atoms with E-state index in [1.807, 2.05) is 45.5 Å². The van der Waals surface area contributed by atoms with Crippen LogP contribution in [0.15, 0.2) is 48.5 Å². The molecule has 0 heterocycles. The van der Waals surface area contributed by atoms with E-state index in [0.29, 0.717) is 52.1 Å². The molecule has 620 valence electrons. The number of unbranched alkanes of at least 4 members (excludes halogenated alkanes) is 48. The molecule has 0 aliphatic heterocycles. The summed E-state index contributed by atoms with van der Waals surface area (Å²) < 4.78 is 35.9. The van der Waals surface area contributed by atoms with Crippen LogP contribution in [0.25, 0.3) is 0 Å². The fourth-order valence-electron chi connectivity index (χ4n) is 13.2. The fourth-order valence-corrected chi connectivity index (χ4v) is 25.6. The van der Waals surface area contributed by atoms with E-state index in [9.17, 15) is 19.2 Å². The zero-order valence-corrected chi connectivity index (χ0v) is 74.9. The first-order chi connectivity index (χ1) is 52.5. The second-order valence-electron chi connectivity index (χ2n) is 30.9. The van der Waals surface area contributed by atoms with E-state index in [-0.39, 0.29) is 29.3 Å². The number of hydrogen-bond acceptors (Lipinski definition) is 14. The van der Waals surface area contributed by atoms with Crippen LogP contribution in [0, 0.1) is 0 Å². The van der Waals surface area contributed by atoms with Gasteiger partial charge in [-0.3, -0.25) is 19.2 Å². The van der Waals surface area contributed by atoms with Gasteiger partial charge in [-0.15, -0.1) is 0 Å². The molecule has 0 N–H and O–H groups in total. The lowest BCUT2D eigenvalue weighted by Crippen LogP contribution is -2.18. The number of carbonyl (C=O) groups is 4. The van der Waals surface area contributed by atoms with Gasteiger partial charge in [-0.1, -0.05) is 394 Å². The van der Waals surface area contributed by atoms with E-state index < -0.39 is 13.1 Å². The van der Waals surface area contributed by atoms with Crippen LogP contribution < -0.4 is 9.05 Å². The van der Waals surface area contributed by atoms with Gasteiger partial charge >= 0.3 is 23.9 Å². The molecule has 0 aliphatic carbocycles. The molecule has 0 radical (unpaired) electrons. The van der Waals surface area contributed by atoms with Gasteiger partial charge < -0.3 is 28.0 Å². The topological polar surface area (TPSA) is 124 Å². The van der Waals surface area contributed by atoms with E-state index in [0.717, 1.165) is 137 Å². The molecule has 10 nitrogen and oxygen atoms in total. The van der Waals surface area contributed by atoms with E-state index >= 15 is 0 Å². The first kappa shape index (κ1) is 101. The number of hydrogen-bond donors (Lipinski definition) is 0. The van der Waals surface area contributed by atoms with Crippen molar-refractivity contribution in [3.63, 3.8) is 0 Å². The maximum Gasteiger partial charge on any atom is 0.305 e. The summed E-state index contributed by atoms with van der Waals surface area (Å²) in [4.78, 5) is 49.2. The van der Waals surface area contributed by atoms with Crippen LogP contribution in [-0.4, -0.2) is 73.3 Å². The maximum atomic E-state index is 12.3. The third-order valence-electron chi connectivity index (χ3n) is 20.4. The van der Waals surface area contributed by atoms with Gasteiger partial charge in [0.05, 0.1) is 26.4 Å². The Balaban J connectivity index is 1.93. The van der Waals surface area contributed by atoms with Gasteiger partial charge in [0, 0.05) is 54.1 Å². The van der Waals surface area contributed by atoms with Crippen LogP contribution in [0.3, 0.4) is 0 Å². The minimum absolute atomic E-state index is 0.0200. The SMILES string of the molecule is CCCCCCCCCOC(=O)CCCCCCCCCSP(Oc1ccc(C(C)(C)c2ccc(OP(SCCCCCCCCCC(=O)OCCCCCCCCC)SCCCCCCCCCC(=O)OCCCCCCCCC)cc2)cc1)SCCCCCCCCCC(=O)OCCCCCCCCC. The minimum atomic E-state index is -0.754. The largest absolute Gasteiger partial charge is 0.466 e. The third kappa shape index (κ3) is 64.2. The zero-order valence-electron chi connectivity index (χ0n) is 69.8. The summed E-state index contributed by atoms with van der Waals surface area (Å²) in [6, 6.07) is 17.8. The molecule has 0 amide bonds. The molecule has 2 aromatic carbocycles. The van der Waals surface area contributed by atoms with Gasteiger partial charge in [-0.05, 0) is 112 Å². The molecule has 0 spiro atoms. The third-order valence-corrected chi connectivity index (χ3v) is 33.3. The number of esters is 4. The molecule has 2 rings (SSSR count). The second kappa shape index (κ2) is 76.8. The maximum absolute atomic E-state index is 12.3. The highest BCUT2D eigenvalue weighted by Crippen LogP contribution is 2.63. The lowest BCUT2D eigenvalue weighted by atomic mass is 9.78. The lowest BCUT2D eigenvalue weighted by Gasteiger charge is -2.27. The minimum Gasteiger partial charge on any atom is -0.466 e. The molecule has 16 heteroatoms. The molecule has 0 unspecified atom stereocenters. The quantitative estimate of drug-likeness (QED) is 0.0270. The predicted octanol–water partition coefficient (Wildman–Crippen LogP) is 31.8. The van der Waals surface area contributed by atoms with Crippen molar-refractivity contribution in [1.82, 2.24) is 0 Å². The fraction of sp³-hybridized carbons (Fsp3) is 0.824. The Bertz CT molecular complexity index is 2040. The average molecular weight is 1610 g/mol. The van der Waals surface area contributed by atoms with Crippen molar-refractivity contribution in [2.45, 2.75) is 432 Å². The predicted molar refractivity (Wildman–Crippen MR) is 473 cm³/mol. The Morgan fingerprint density at radius 3 is 0.636 bits per heavy atom. The molecule has 0 saturated heterocycles. The summed E-state index contributed by atoms with van der Waals surface area (Å²) in [6.07, 6.45) is 69.1. The van der Waals surface area contributed by atoms with Crippen molar-refractivity contribution >= 4 is 82.5 Å². The van der Waals surface area contributed by atoms with Crippen molar-refractivity contribution in [1.29, 1.82) is 0 Å². The van der Waals surface area contributed by atoms with Crippen LogP contribution in [0.4, 0.5) is 0 Å². The Kier molecular flexibility index (Phi) is 72.7. The van der Waals surface area contributed by atoms with E-state index in [4.69, 9.17) is 28.0 Å². The number of rotatable bonds is 82. The van der Waals surface area contributed by atoms with Crippen LogP contribution in [0.5, 0.6) is 11.5 Å². The normalized spacial score (nSPS) is 11.7. The molecule has 0 aromatic heterocycles. The highest BCUT2D eigenvalue weighted by atomic mass is 33.1. The van der Waals surface area contributed by atoms with Crippen LogP contribution in [0.2, 0.25) is 0 Å². The molecule has 107 heavy (non-hydrogen) atoms. The average Bonchev–Trinajstić information content (AvgIpc) is 0.803. The Morgan fingerprint density at radius 2 is 0.430 bits per heavy atom. The van der Waals surface area contributed by atoms with Crippen molar-refractivity contribution in [3.8, 4) is 11.5 Å². The van der Waals surface area contributed by atoms with Crippen LogP contribution in [0.1, 0.15) is 438 Å². The van der Waals surface area contributed by atoms with E-state index in [1.54, 1.807) is 0 Å². The molecule has 0 atom stereocenters. The summed E-state index contributed by atoms with van der Waals surface area (Å²) >= 11 is 8.06. The number of ether oxygens (including phenoxy) is 4. The highest BCUT2D eigenvalue weighted by Gasteiger charge is 2.25. The summed E-state index contributed by atoms with van der Waals surface area (Å²) in [5.74, 6) is 6.23. The van der Waals surface area contributed by atoms with Gasteiger partial charge in [-0.25, -0.2) is 0 Å². The van der Waals surface area contributed by atoms with Gasteiger partial charge in [0.25, 0.3) is 0 Å². The smallest absolute Gasteiger partial charge is 0.305 e. The van der Waals surface area contributed by atoms with Gasteiger partial charge in [0.15, 0.2) is 0 Å². The standard InChI is InChI=1S/C91H162O10P2S4/c1-7-11-15-19-31-43-55-75-96-87(92)63-51-39-27-23-35-47-59-79-104-102(105-80-60-48-36-24-28-40-52-64-88(93)97-76-56-44-32-20-16-12-8-2)100-85-71-67-83(68-72-85)91(5,6)84-69-73-86(74-70-84)101-103(106-81-61-49-37-25-29-41-53-65-89(94)98-77-57-45-33-21-17-13-9-3)107-82-62-50-38-26-30-42-54-66-90(95)99-78-58-46-34-22-18-14-10-4/h67-74H,7-66,75-82H2,1-6H3. The van der Waals surface area contributed by atoms with Crippen LogP contribution in [-0.2, 0) is 43.5 Å². The highest BCUT2D eigenvalue weighted by molar-refractivity contribution is 8.87. The van der Waals surface area contributed by atoms with Crippen molar-refractivity contribution in [2.24, 2.45) is 0 Å². The molecule has 0 saturated carbocycles. The van der Waals surface area contributed by atoms with Gasteiger partial charge in [-0.2, -0.15) is 0 Å². The molecule has 2 aromatic rings. The van der Waals surface area contributed by atoms with Crippen molar-refractivity contribution in [3.05, 3.63) is 59.7 Å². The number of benzene rings is 2. The molecule has 0 fully saturated rings. The number of carbonyl (C=O) groups excluding carboxylic acids is 4. The lowest BCUT2D eigenvalue weighted by molar-refractivity contribution is -0.144. The monoisotopic (exact) mass is 1610 g/mol. The van der Waals surface area contributed by atoms with Gasteiger partial charge in [0.2, 0.25) is 13.1 Å². The first-order valence-electron chi connectivity index (χ1n) is 44.8. The van der Waals surface area contributed by atoms with E-state index in [1.165, 1.54) is 268 Å². The molecule has 0 aliphatic rings. The zero-order chi connectivity index (χ0) is 77.1. The second-order valence-corrected chi connectivity index (χ2v) is 43.3. The van der Waals surface area contributed by atoms with Crippen molar-refractivity contribution < 1.29 is 47.2 Å². The summed E-state index contributed by atoms with van der Waals surface area (Å²) in [5.41, 5.74) is 2.31.